The van der Waals surface area contributed by atoms with Crippen molar-refractivity contribution in [3.05, 3.63) is 66.2 Å². The molecule has 0 atom stereocenters. The van der Waals surface area contributed by atoms with E-state index >= 15 is 0 Å². The number of hydroxylamine groups is 1. The molecule has 0 heterocycles. The molecule has 92 valence electrons. The molecule has 0 saturated heterocycles. The smallest absolute Gasteiger partial charge is 0.220 e. The molecule has 3 N–H and O–H groups in total. The van der Waals surface area contributed by atoms with E-state index in [2.05, 4.69) is 15.8 Å². The number of anilines is 1. The van der Waals surface area contributed by atoms with Crippen LogP contribution in [0.2, 0.25) is 0 Å². The second kappa shape index (κ2) is 6.42. The Balaban J connectivity index is 2.00. The van der Waals surface area contributed by atoms with Crippen molar-refractivity contribution in [3.63, 3.8) is 0 Å². The molecule has 2 aromatic rings. The Kier molecular flexibility index (Phi) is 4.33. The molecule has 0 aliphatic rings. The Bertz CT molecular complexity index is 497. The Morgan fingerprint density at radius 1 is 0.944 bits per heavy atom. The lowest BCUT2D eigenvalue weighted by Gasteiger charge is -2.08. The summed E-state index contributed by atoms with van der Waals surface area (Å²) < 4.78 is 0. The molecule has 4 heteroatoms. The molecule has 0 aliphatic carbocycles. The van der Waals surface area contributed by atoms with Gasteiger partial charge in [0.25, 0.3) is 0 Å². The lowest BCUT2D eigenvalue weighted by molar-refractivity contribution is 0.234. The molecule has 0 fully saturated rings. The van der Waals surface area contributed by atoms with Crippen LogP contribution in [0.3, 0.4) is 0 Å². The van der Waals surface area contributed by atoms with Gasteiger partial charge in [-0.2, -0.15) is 0 Å². The first-order valence-corrected chi connectivity index (χ1v) is 5.69. The van der Waals surface area contributed by atoms with Crippen molar-refractivity contribution in [2.24, 2.45) is 4.99 Å². The van der Waals surface area contributed by atoms with Gasteiger partial charge >= 0.3 is 0 Å². The molecule has 2 rings (SSSR count). The number of guanidine groups is 1. The number of para-hydroxylation sites is 1. The van der Waals surface area contributed by atoms with Gasteiger partial charge < -0.3 is 5.32 Å². The van der Waals surface area contributed by atoms with E-state index in [0.717, 1.165) is 11.3 Å². The van der Waals surface area contributed by atoms with E-state index in [1.165, 1.54) is 0 Å². The third kappa shape index (κ3) is 3.61. The van der Waals surface area contributed by atoms with Crippen molar-refractivity contribution in [3.8, 4) is 0 Å². The van der Waals surface area contributed by atoms with Crippen LogP contribution in [0.5, 0.6) is 0 Å². The SMILES string of the molecule is ONC(=NCc1ccccc1)Nc1ccccc1. The molecule has 0 amide bonds. The van der Waals surface area contributed by atoms with Crippen molar-refractivity contribution in [1.29, 1.82) is 0 Å². The molecule has 0 bridgehead atoms. The van der Waals surface area contributed by atoms with E-state index in [4.69, 9.17) is 5.21 Å². The number of nitrogens with one attached hydrogen (secondary N) is 2. The third-order valence-electron chi connectivity index (χ3n) is 2.40. The van der Waals surface area contributed by atoms with Gasteiger partial charge in [0.2, 0.25) is 5.96 Å². The number of hydrogen-bond donors (Lipinski definition) is 3. The van der Waals surface area contributed by atoms with Crippen LogP contribution in [-0.4, -0.2) is 11.2 Å². The molecular weight excluding hydrogens is 226 g/mol. The predicted octanol–water partition coefficient (Wildman–Crippen LogP) is 2.63. The quantitative estimate of drug-likeness (QED) is 0.440. The lowest BCUT2D eigenvalue weighted by atomic mass is 10.2. The van der Waals surface area contributed by atoms with Gasteiger partial charge in [0.15, 0.2) is 0 Å². The van der Waals surface area contributed by atoms with Crippen molar-refractivity contribution < 1.29 is 5.21 Å². The summed E-state index contributed by atoms with van der Waals surface area (Å²) >= 11 is 0. The first kappa shape index (κ1) is 12.1. The van der Waals surface area contributed by atoms with Crippen LogP contribution < -0.4 is 10.8 Å². The zero-order chi connectivity index (χ0) is 12.6. The van der Waals surface area contributed by atoms with E-state index in [1.807, 2.05) is 60.7 Å². The first-order valence-electron chi connectivity index (χ1n) is 5.69. The summed E-state index contributed by atoms with van der Waals surface area (Å²) in [6, 6.07) is 19.4. The number of hydrogen-bond acceptors (Lipinski definition) is 2. The Morgan fingerprint density at radius 2 is 1.56 bits per heavy atom. The van der Waals surface area contributed by atoms with E-state index in [9.17, 15) is 0 Å². The molecule has 0 aliphatic heterocycles. The number of benzene rings is 2. The Hall–Kier alpha value is -2.33. The number of aliphatic imine (C=N–C) groups is 1. The fourth-order valence-corrected chi connectivity index (χ4v) is 1.51. The molecule has 0 radical (unpaired) electrons. The summed E-state index contributed by atoms with van der Waals surface area (Å²) in [6.45, 7) is 0.504. The molecule has 0 spiro atoms. The molecule has 0 aromatic heterocycles. The van der Waals surface area contributed by atoms with E-state index in [0.29, 0.717) is 12.5 Å². The predicted molar refractivity (Wildman–Crippen MR) is 72.6 cm³/mol. The molecular formula is C14H15N3O. The van der Waals surface area contributed by atoms with Crippen LogP contribution in [0.15, 0.2) is 65.7 Å². The maximum Gasteiger partial charge on any atom is 0.220 e. The number of nitrogens with zero attached hydrogens (tertiary/aromatic N) is 1. The normalized spacial score (nSPS) is 11.1. The van der Waals surface area contributed by atoms with Gasteiger partial charge in [0, 0.05) is 5.69 Å². The largest absolute Gasteiger partial charge is 0.325 e. The zero-order valence-corrected chi connectivity index (χ0v) is 9.88. The third-order valence-corrected chi connectivity index (χ3v) is 2.40. The second-order valence-corrected chi connectivity index (χ2v) is 3.75. The summed E-state index contributed by atoms with van der Waals surface area (Å²) in [7, 11) is 0. The second-order valence-electron chi connectivity index (χ2n) is 3.75. The van der Waals surface area contributed by atoms with Gasteiger partial charge in [0.05, 0.1) is 6.54 Å². The maximum absolute atomic E-state index is 9.02. The standard InChI is InChI=1S/C14H15N3O/c18-17-14(16-13-9-5-2-6-10-13)15-11-12-7-3-1-4-8-12/h1-10,18H,11H2,(H2,15,16,17). The summed E-state index contributed by atoms with van der Waals surface area (Å²) in [6.07, 6.45) is 0. The minimum Gasteiger partial charge on any atom is -0.325 e. The van der Waals surface area contributed by atoms with Crippen LogP contribution in [0.4, 0.5) is 5.69 Å². The fourth-order valence-electron chi connectivity index (χ4n) is 1.51. The minimum atomic E-state index is 0.324. The van der Waals surface area contributed by atoms with Crippen LogP contribution >= 0.6 is 0 Å². The highest BCUT2D eigenvalue weighted by Gasteiger charge is 1.97. The van der Waals surface area contributed by atoms with Crippen LogP contribution in [0.1, 0.15) is 5.56 Å². The van der Waals surface area contributed by atoms with Gasteiger partial charge in [-0.15, -0.1) is 0 Å². The highest BCUT2D eigenvalue weighted by molar-refractivity contribution is 5.92. The number of rotatable bonds is 3. The van der Waals surface area contributed by atoms with Crippen LogP contribution in [0, 0.1) is 0 Å². The van der Waals surface area contributed by atoms with Gasteiger partial charge in [-0.1, -0.05) is 48.5 Å². The lowest BCUT2D eigenvalue weighted by Crippen LogP contribution is -2.27. The average molecular weight is 241 g/mol. The monoisotopic (exact) mass is 241 g/mol. The molecule has 4 nitrogen and oxygen atoms in total. The molecule has 0 unspecified atom stereocenters. The summed E-state index contributed by atoms with van der Waals surface area (Å²) in [5.74, 6) is 0.324. The maximum atomic E-state index is 9.02. The van der Waals surface area contributed by atoms with Crippen LogP contribution in [0.25, 0.3) is 0 Å². The topological polar surface area (TPSA) is 56.6 Å². The fraction of sp³-hybridized carbons (Fsp3) is 0.0714. The molecule has 2 aromatic carbocycles. The average Bonchev–Trinajstić information content (AvgIpc) is 2.45. The zero-order valence-electron chi connectivity index (χ0n) is 9.88. The molecule has 0 saturated carbocycles. The van der Waals surface area contributed by atoms with Gasteiger partial charge in [-0.05, 0) is 17.7 Å². The van der Waals surface area contributed by atoms with Gasteiger partial charge in [0.1, 0.15) is 0 Å². The van der Waals surface area contributed by atoms with E-state index in [1.54, 1.807) is 0 Å². The Labute approximate surface area is 106 Å². The van der Waals surface area contributed by atoms with Crippen LogP contribution in [-0.2, 0) is 6.54 Å². The van der Waals surface area contributed by atoms with Crippen molar-refractivity contribution in [2.75, 3.05) is 5.32 Å². The van der Waals surface area contributed by atoms with E-state index < -0.39 is 0 Å². The highest BCUT2D eigenvalue weighted by Crippen LogP contribution is 2.05. The van der Waals surface area contributed by atoms with Gasteiger partial charge in [-0.3, -0.25) is 5.21 Å². The molecule has 18 heavy (non-hydrogen) atoms. The minimum absolute atomic E-state index is 0.324. The Morgan fingerprint density at radius 3 is 2.17 bits per heavy atom. The van der Waals surface area contributed by atoms with E-state index in [-0.39, 0.29) is 0 Å². The summed E-state index contributed by atoms with van der Waals surface area (Å²) in [4.78, 5) is 4.25. The van der Waals surface area contributed by atoms with Crippen molar-refractivity contribution in [2.45, 2.75) is 6.54 Å². The first-order chi connectivity index (χ1) is 8.88. The van der Waals surface area contributed by atoms with Crippen molar-refractivity contribution in [1.82, 2.24) is 5.48 Å². The van der Waals surface area contributed by atoms with Gasteiger partial charge in [-0.25, -0.2) is 10.5 Å². The highest BCUT2D eigenvalue weighted by atomic mass is 16.5. The summed E-state index contributed by atoms with van der Waals surface area (Å²) in [5.41, 5.74) is 4.01. The van der Waals surface area contributed by atoms with Crippen molar-refractivity contribution >= 4 is 11.6 Å². The summed E-state index contributed by atoms with van der Waals surface area (Å²) in [5, 5.41) is 12.0.